The van der Waals surface area contributed by atoms with Gasteiger partial charge in [-0.2, -0.15) is 0 Å². The summed E-state index contributed by atoms with van der Waals surface area (Å²) in [6.07, 6.45) is 3.90. The summed E-state index contributed by atoms with van der Waals surface area (Å²) in [6.45, 7) is 0.290. The number of hydrogen-bond acceptors (Lipinski definition) is 5. The molecule has 1 N–H and O–H groups in total. The number of nitrogens with zero attached hydrogens (tertiary/aromatic N) is 1. The number of carbonyl (C=O) groups excluding carboxylic acids is 2. The third-order valence-electron chi connectivity index (χ3n) is 6.99. The molecule has 0 unspecified atom stereocenters. The van der Waals surface area contributed by atoms with Crippen molar-refractivity contribution in [2.45, 2.75) is 44.2 Å². The van der Waals surface area contributed by atoms with Gasteiger partial charge < -0.3 is 24.4 Å². The summed E-state index contributed by atoms with van der Waals surface area (Å²) in [5.41, 5.74) is 1.00. The van der Waals surface area contributed by atoms with Crippen molar-refractivity contribution in [2.24, 2.45) is 0 Å². The Hall–Kier alpha value is -4.00. The zero-order valence-electron chi connectivity index (χ0n) is 21.7. The van der Waals surface area contributed by atoms with Crippen molar-refractivity contribution in [3.8, 4) is 17.2 Å². The van der Waals surface area contributed by atoms with Crippen molar-refractivity contribution < 1.29 is 23.8 Å². The quantitative estimate of drug-likeness (QED) is 0.406. The first-order valence-electron chi connectivity index (χ1n) is 12.5. The van der Waals surface area contributed by atoms with Gasteiger partial charge in [-0.1, -0.05) is 67.8 Å². The molecule has 0 bridgehead atoms. The van der Waals surface area contributed by atoms with Crippen LogP contribution in [0.15, 0.2) is 72.8 Å². The Labute approximate surface area is 218 Å². The zero-order chi connectivity index (χ0) is 26.3. The molecule has 1 aliphatic carbocycles. The minimum absolute atomic E-state index is 0.171. The van der Waals surface area contributed by atoms with Crippen molar-refractivity contribution in [3.63, 3.8) is 0 Å². The fourth-order valence-corrected chi connectivity index (χ4v) is 5.07. The van der Waals surface area contributed by atoms with Crippen LogP contribution in [0.4, 0.5) is 5.69 Å². The molecule has 194 valence electrons. The summed E-state index contributed by atoms with van der Waals surface area (Å²) in [5, 5.41) is 3.09. The molecule has 0 aliphatic heterocycles. The third-order valence-corrected chi connectivity index (χ3v) is 6.99. The lowest BCUT2D eigenvalue weighted by atomic mass is 9.78. The lowest BCUT2D eigenvalue weighted by Gasteiger charge is -2.45. The maximum atomic E-state index is 14.3. The molecule has 37 heavy (non-hydrogen) atoms. The highest BCUT2D eigenvalue weighted by molar-refractivity contribution is 6.04. The fourth-order valence-electron chi connectivity index (χ4n) is 5.07. The van der Waals surface area contributed by atoms with Gasteiger partial charge in [0.05, 0.1) is 21.3 Å². The van der Waals surface area contributed by atoms with E-state index in [0.717, 1.165) is 24.8 Å². The summed E-state index contributed by atoms with van der Waals surface area (Å²) in [7, 11) is 4.56. The molecule has 0 aromatic heterocycles. The fraction of sp³-hybridized carbons (Fsp3) is 0.333. The number of hydrogen-bond donors (Lipinski definition) is 1. The van der Waals surface area contributed by atoms with Gasteiger partial charge >= 0.3 is 0 Å². The molecule has 2 amide bonds. The van der Waals surface area contributed by atoms with E-state index in [9.17, 15) is 9.59 Å². The Bertz CT molecular complexity index is 1180. The minimum atomic E-state index is -1.01. The van der Waals surface area contributed by atoms with Crippen LogP contribution in [-0.4, -0.2) is 43.6 Å². The molecule has 3 aromatic rings. The molecule has 7 heteroatoms. The second-order valence-electron chi connectivity index (χ2n) is 9.20. The Kier molecular flexibility index (Phi) is 8.33. The van der Waals surface area contributed by atoms with E-state index in [0.29, 0.717) is 47.9 Å². The number of carbonyl (C=O) groups is 2. The van der Waals surface area contributed by atoms with Crippen LogP contribution in [0.2, 0.25) is 0 Å². The topological polar surface area (TPSA) is 77.1 Å². The van der Waals surface area contributed by atoms with Gasteiger partial charge in [-0.25, -0.2) is 0 Å². The van der Waals surface area contributed by atoms with Crippen LogP contribution in [0.25, 0.3) is 0 Å². The Balaban J connectivity index is 1.81. The second kappa shape index (κ2) is 11.8. The normalized spacial score (nSPS) is 14.4. The van der Waals surface area contributed by atoms with Crippen molar-refractivity contribution in [2.75, 3.05) is 26.6 Å². The van der Waals surface area contributed by atoms with Crippen LogP contribution in [0.1, 0.15) is 48.0 Å². The second-order valence-corrected chi connectivity index (χ2v) is 9.20. The number of anilines is 1. The van der Waals surface area contributed by atoms with Gasteiger partial charge in [-0.05, 0) is 42.7 Å². The molecule has 0 heterocycles. The minimum Gasteiger partial charge on any atom is -0.493 e. The number of amides is 2. The summed E-state index contributed by atoms with van der Waals surface area (Å²) < 4.78 is 16.5. The van der Waals surface area contributed by atoms with Crippen molar-refractivity contribution in [1.82, 2.24) is 4.90 Å². The first-order valence-corrected chi connectivity index (χ1v) is 12.5. The monoisotopic (exact) mass is 502 g/mol. The molecule has 4 rings (SSSR count). The highest BCUT2D eigenvalue weighted by Crippen LogP contribution is 2.41. The first-order chi connectivity index (χ1) is 18.0. The Morgan fingerprint density at radius 2 is 1.38 bits per heavy atom. The molecule has 0 atom stereocenters. The van der Waals surface area contributed by atoms with Gasteiger partial charge in [0.15, 0.2) is 11.5 Å². The number of rotatable bonds is 9. The Morgan fingerprint density at radius 3 is 1.92 bits per heavy atom. The van der Waals surface area contributed by atoms with Crippen LogP contribution in [0.5, 0.6) is 17.2 Å². The molecule has 3 aromatic carbocycles. The molecule has 0 saturated heterocycles. The summed E-state index contributed by atoms with van der Waals surface area (Å²) in [6, 6.07) is 22.4. The molecular weight excluding hydrogens is 468 g/mol. The van der Waals surface area contributed by atoms with Gasteiger partial charge in [0.25, 0.3) is 5.91 Å². The highest BCUT2D eigenvalue weighted by atomic mass is 16.5. The number of para-hydroxylation sites is 1. The predicted octanol–water partition coefficient (Wildman–Crippen LogP) is 5.70. The lowest BCUT2D eigenvalue weighted by molar-refractivity contribution is -0.129. The van der Waals surface area contributed by atoms with Gasteiger partial charge in [0.2, 0.25) is 11.7 Å². The predicted molar refractivity (Wildman–Crippen MR) is 143 cm³/mol. The first kappa shape index (κ1) is 26.1. The average molecular weight is 503 g/mol. The van der Waals surface area contributed by atoms with Gasteiger partial charge in [-0.15, -0.1) is 0 Å². The molecule has 1 saturated carbocycles. The van der Waals surface area contributed by atoms with Crippen LogP contribution in [0, 0.1) is 0 Å². The zero-order valence-corrected chi connectivity index (χ0v) is 21.7. The highest BCUT2D eigenvalue weighted by Gasteiger charge is 2.47. The van der Waals surface area contributed by atoms with Crippen LogP contribution >= 0.6 is 0 Å². The maximum Gasteiger partial charge on any atom is 0.255 e. The van der Waals surface area contributed by atoms with E-state index in [4.69, 9.17) is 14.2 Å². The number of ether oxygens (including phenoxy) is 3. The van der Waals surface area contributed by atoms with E-state index >= 15 is 0 Å². The number of nitrogens with one attached hydrogen (secondary N) is 1. The van der Waals surface area contributed by atoms with Crippen molar-refractivity contribution in [3.05, 3.63) is 83.9 Å². The molecular formula is C30H34N2O5. The van der Waals surface area contributed by atoms with E-state index in [1.54, 1.807) is 17.0 Å². The largest absolute Gasteiger partial charge is 0.493 e. The van der Waals surface area contributed by atoms with Crippen LogP contribution in [0.3, 0.4) is 0 Å². The maximum absolute atomic E-state index is 14.3. The number of benzene rings is 3. The summed E-state index contributed by atoms with van der Waals surface area (Å²) in [5.74, 6) is 0.737. The molecule has 0 radical (unpaired) electrons. The third kappa shape index (κ3) is 5.56. The number of methoxy groups -OCH3 is 3. The van der Waals surface area contributed by atoms with Gasteiger partial charge in [0.1, 0.15) is 5.54 Å². The summed E-state index contributed by atoms with van der Waals surface area (Å²) >= 11 is 0. The van der Waals surface area contributed by atoms with Crippen LogP contribution in [-0.2, 0) is 11.3 Å². The van der Waals surface area contributed by atoms with E-state index in [1.165, 1.54) is 21.3 Å². The van der Waals surface area contributed by atoms with E-state index in [1.807, 2.05) is 60.7 Å². The molecule has 0 spiro atoms. The lowest BCUT2D eigenvalue weighted by Crippen LogP contribution is -2.59. The Morgan fingerprint density at radius 1 is 0.811 bits per heavy atom. The van der Waals surface area contributed by atoms with E-state index in [2.05, 4.69) is 5.32 Å². The molecule has 1 fully saturated rings. The van der Waals surface area contributed by atoms with Crippen molar-refractivity contribution >= 4 is 17.5 Å². The average Bonchev–Trinajstić information content (AvgIpc) is 2.96. The summed E-state index contributed by atoms with van der Waals surface area (Å²) in [4.78, 5) is 30.1. The molecule has 7 nitrogen and oxygen atoms in total. The van der Waals surface area contributed by atoms with E-state index < -0.39 is 5.54 Å². The van der Waals surface area contributed by atoms with Gasteiger partial charge in [-0.3, -0.25) is 9.59 Å². The SMILES string of the molecule is COc1cc(C(=O)N(Cc2ccccc2)C2(C(=O)Nc3ccccc3)CCCCC2)cc(OC)c1OC. The van der Waals surface area contributed by atoms with Crippen molar-refractivity contribution in [1.29, 1.82) is 0 Å². The standard InChI is InChI=1S/C30H34N2O5/c1-35-25-19-23(20-26(36-2)27(25)37-3)28(33)32(21-22-13-7-4-8-14-22)30(17-11-6-12-18-30)29(34)31-24-15-9-5-10-16-24/h4-5,7-10,13-16,19-20H,6,11-12,17-18,21H2,1-3H3,(H,31,34). The smallest absolute Gasteiger partial charge is 0.255 e. The van der Waals surface area contributed by atoms with E-state index in [-0.39, 0.29) is 11.8 Å². The van der Waals surface area contributed by atoms with Crippen LogP contribution < -0.4 is 19.5 Å². The molecule has 1 aliphatic rings. The van der Waals surface area contributed by atoms with Gasteiger partial charge in [0, 0.05) is 17.8 Å².